The van der Waals surface area contributed by atoms with Crippen LogP contribution in [0, 0.1) is 13.8 Å². The summed E-state index contributed by atoms with van der Waals surface area (Å²) in [5.41, 5.74) is 4.03. The number of ether oxygens (including phenoxy) is 1. The standard InChI is InChI=1S/C15H22O/c1-12-8-9-14(13(2)10-12)11-16-15-6-4-3-5-7-15/h8-10,15H,3-7,11H2,1-2H3. The second-order valence-corrected chi connectivity index (χ2v) is 5.00. The lowest BCUT2D eigenvalue weighted by Gasteiger charge is -2.22. The highest BCUT2D eigenvalue weighted by atomic mass is 16.5. The van der Waals surface area contributed by atoms with Gasteiger partial charge in [0.2, 0.25) is 0 Å². The quantitative estimate of drug-likeness (QED) is 0.740. The molecule has 1 saturated carbocycles. The van der Waals surface area contributed by atoms with Gasteiger partial charge in [0.05, 0.1) is 12.7 Å². The first-order chi connectivity index (χ1) is 7.75. The van der Waals surface area contributed by atoms with Crippen molar-refractivity contribution in [3.05, 3.63) is 34.9 Å². The van der Waals surface area contributed by atoms with Crippen molar-refractivity contribution in [3.8, 4) is 0 Å². The van der Waals surface area contributed by atoms with Crippen LogP contribution in [-0.2, 0) is 11.3 Å². The van der Waals surface area contributed by atoms with Gasteiger partial charge < -0.3 is 4.74 Å². The van der Waals surface area contributed by atoms with Crippen molar-refractivity contribution >= 4 is 0 Å². The molecule has 1 aliphatic rings. The van der Waals surface area contributed by atoms with Crippen molar-refractivity contribution in [2.75, 3.05) is 0 Å². The van der Waals surface area contributed by atoms with Gasteiger partial charge in [-0.3, -0.25) is 0 Å². The summed E-state index contributed by atoms with van der Waals surface area (Å²) in [4.78, 5) is 0. The summed E-state index contributed by atoms with van der Waals surface area (Å²) in [6.45, 7) is 5.10. The monoisotopic (exact) mass is 218 g/mol. The topological polar surface area (TPSA) is 9.23 Å². The molecule has 1 aliphatic carbocycles. The van der Waals surface area contributed by atoms with Crippen LogP contribution in [-0.4, -0.2) is 6.10 Å². The third kappa shape index (κ3) is 3.08. The minimum absolute atomic E-state index is 0.509. The van der Waals surface area contributed by atoms with E-state index in [9.17, 15) is 0 Å². The first-order valence-corrected chi connectivity index (χ1v) is 6.43. The van der Waals surface area contributed by atoms with Gasteiger partial charge in [-0.2, -0.15) is 0 Å². The van der Waals surface area contributed by atoms with E-state index in [1.54, 1.807) is 0 Å². The Morgan fingerprint density at radius 1 is 1.12 bits per heavy atom. The molecule has 0 aliphatic heterocycles. The second-order valence-electron chi connectivity index (χ2n) is 5.00. The van der Waals surface area contributed by atoms with E-state index >= 15 is 0 Å². The van der Waals surface area contributed by atoms with Crippen LogP contribution < -0.4 is 0 Å². The van der Waals surface area contributed by atoms with Gasteiger partial charge in [-0.15, -0.1) is 0 Å². The van der Waals surface area contributed by atoms with Gasteiger partial charge in [0.25, 0.3) is 0 Å². The third-order valence-corrected chi connectivity index (χ3v) is 3.52. The van der Waals surface area contributed by atoms with Crippen molar-refractivity contribution in [2.45, 2.75) is 58.7 Å². The van der Waals surface area contributed by atoms with Gasteiger partial charge in [-0.25, -0.2) is 0 Å². The van der Waals surface area contributed by atoms with E-state index in [4.69, 9.17) is 4.74 Å². The van der Waals surface area contributed by atoms with Gasteiger partial charge in [0, 0.05) is 0 Å². The van der Waals surface area contributed by atoms with E-state index in [1.807, 2.05) is 0 Å². The van der Waals surface area contributed by atoms with Gasteiger partial charge in [0.1, 0.15) is 0 Å². The molecule has 0 unspecified atom stereocenters. The Kier molecular flexibility index (Phi) is 4.00. The number of benzene rings is 1. The number of hydrogen-bond donors (Lipinski definition) is 0. The molecule has 0 radical (unpaired) electrons. The summed E-state index contributed by atoms with van der Waals surface area (Å²) in [7, 11) is 0. The highest BCUT2D eigenvalue weighted by Crippen LogP contribution is 2.22. The van der Waals surface area contributed by atoms with Crippen molar-refractivity contribution in [1.82, 2.24) is 0 Å². The molecule has 1 fully saturated rings. The molecular formula is C15H22O. The lowest BCUT2D eigenvalue weighted by Crippen LogP contribution is -2.16. The third-order valence-electron chi connectivity index (χ3n) is 3.52. The average molecular weight is 218 g/mol. The van der Waals surface area contributed by atoms with E-state index < -0.39 is 0 Å². The Balaban J connectivity index is 1.88. The SMILES string of the molecule is Cc1ccc(COC2CCCCC2)c(C)c1. The van der Waals surface area contributed by atoms with Crippen LogP contribution in [0.4, 0.5) is 0 Å². The lowest BCUT2D eigenvalue weighted by atomic mass is 9.97. The van der Waals surface area contributed by atoms with Crippen molar-refractivity contribution in [2.24, 2.45) is 0 Å². The highest BCUT2D eigenvalue weighted by molar-refractivity contribution is 5.29. The van der Waals surface area contributed by atoms with Crippen LogP contribution in [0.3, 0.4) is 0 Å². The molecule has 1 heteroatoms. The van der Waals surface area contributed by atoms with Crippen LogP contribution in [0.1, 0.15) is 48.8 Å². The molecule has 1 nitrogen and oxygen atoms in total. The number of aryl methyl sites for hydroxylation is 2. The summed E-state index contributed by atoms with van der Waals surface area (Å²) in [6, 6.07) is 6.61. The average Bonchev–Trinajstić information content (AvgIpc) is 2.29. The Morgan fingerprint density at radius 2 is 1.88 bits per heavy atom. The van der Waals surface area contributed by atoms with Crippen molar-refractivity contribution < 1.29 is 4.74 Å². The maximum absolute atomic E-state index is 5.99. The molecule has 88 valence electrons. The minimum Gasteiger partial charge on any atom is -0.374 e. The fourth-order valence-corrected chi connectivity index (χ4v) is 2.45. The van der Waals surface area contributed by atoms with Gasteiger partial charge in [0.15, 0.2) is 0 Å². The maximum Gasteiger partial charge on any atom is 0.0723 e. The highest BCUT2D eigenvalue weighted by Gasteiger charge is 2.13. The fourth-order valence-electron chi connectivity index (χ4n) is 2.45. The largest absolute Gasteiger partial charge is 0.374 e. The van der Waals surface area contributed by atoms with Crippen LogP contribution in [0.5, 0.6) is 0 Å². The van der Waals surface area contributed by atoms with E-state index in [0.29, 0.717) is 6.10 Å². The van der Waals surface area contributed by atoms with Gasteiger partial charge in [-0.05, 0) is 37.8 Å². The summed E-state index contributed by atoms with van der Waals surface area (Å²) in [5, 5.41) is 0. The summed E-state index contributed by atoms with van der Waals surface area (Å²) in [5.74, 6) is 0. The van der Waals surface area contributed by atoms with Crippen LogP contribution >= 0.6 is 0 Å². The molecule has 16 heavy (non-hydrogen) atoms. The minimum atomic E-state index is 0.509. The molecule has 0 spiro atoms. The summed E-state index contributed by atoms with van der Waals surface area (Å²) in [6.07, 6.45) is 7.10. The predicted octanol–water partition coefficient (Wildman–Crippen LogP) is 4.15. The van der Waals surface area contributed by atoms with Gasteiger partial charge in [-0.1, -0.05) is 43.0 Å². The Morgan fingerprint density at radius 3 is 2.56 bits per heavy atom. The molecule has 0 N–H and O–H groups in total. The molecule has 0 saturated heterocycles. The first kappa shape index (κ1) is 11.7. The number of hydrogen-bond acceptors (Lipinski definition) is 1. The molecule has 2 rings (SSSR count). The molecular weight excluding hydrogens is 196 g/mol. The Hall–Kier alpha value is -0.820. The zero-order valence-corrected chi connectivity index (χ0v) is 10.5. The van der Waals surface area contributed by atoms with Crippen molar-refractivity contribution in [1.29, 1.82) is 0 Å². The van der Waals surface area contributed by atoms with E-state index in [0.717, 1.165) is 6.61 Å². The number of rotatable bonds is 3. The Labute approximate surface area is 98.8 Å². The zero-order valence-electron chi connectivity index (χ0n) is 10.5. The molecule has 0 heterocycles. The zero-order chi connectivity index (χ0) is 11.4. The summed E-state index contributed by atoms with van der Waals surface area (Å²) >= 11 is 0. The molecule has 0 atom stereocenters. The van der Waals surface area contributed by atoms with Crippen LogP contribution in [0.2, 0.25) is 0 Å². The van der Waals surface area contributed by atoms with E-state index in [2.05, 4.69) is 32.0 Å². The first-order valence-electron chi connectivity index (χ1n) is 6.43. The summed E-state index contributed by atoms with van der Waals surface area (Å²) < 4.78 is 5.99. The fraction of sp³-hybridized carbons (Fsp3) is 0.600. The molecule has 0 aromatic heterocycles. The van der Waals surface area contributed by atoms with E-state index in [1.165, 1.54) is 48.8 Å². The second kappa shape index (κ2) is 5.49. The smallest absolute Gasteiger partial charge is 0.0723 e. The molecule has 1 aromatic carbocycles. The van der Waals surface area contributed by atoms with Crippen LogP contribution in [0.15, 0.2) is 18.2 Å². The molecule has 0 bridgehead atoms. The normalized spacial score (nSPS) is 17.6. The van der Waals surface area contributed by atoms with Crippen LogP contribution in [0.25, 0.3) is 0 Å². The van der Waals surface area contributed by atoms with Crippen molar-refractivity contribution in [3.63, 3.8) is 0 Å². The molecule has 1 aromatic rings. The van der Waals surface area contributed by atoms with E-state index in [-0.39, 0.29) is 0 Å². The lowest BCUT2D eigenvalue weighted by molar-refractivity contribution is 0.0166. The predicted molar refractivity (Wildman–Crippen MR) is 67.6 cm³/mol. The maximum atomic E-state index is 5.99. The Bertz CT molecular complexity index is 337. The molecule has 0 amide bonds. The van der Waals surface area contributed by atoms with Gasteiger partial charge >= 0.3 is 0 Å².